The Morgan fingerprint density at radius 2 is 2.00 bits per heavy atom. The Hall–Kier alpha value is -1.05. The van der Waals surface area contributed by atoms with Gasteiger partial charge >= 0.3 is 0 Å². The first kappa shape index (κ1) is 17.8. The van der Waals surface area contributed by atoms with E-state index >= 15 is 0 Å². The lowest BCUT2D eigenvalue weighted by Gasteiger charge is -2.36. The van der Waals surface area contributed by atoms with E-state index in [0.29, 0.717) is 17.2 Å². The van der Waals surface area contributed by atoms with Crippen LogP contribution in [-0.4, -0.2) is 76.9 Å². The lowest BCUT2D eigenvalue weighted by Crippen LogP contribution is -2.55. The van der Waals surface area contributed by atoms with Gasteiger partial charge in [-0.25, -0.2) is 0 Å². The molecule has 5 nitrogen and oxygen atoms in total. The largest absolute Gasteiger partial charge is 0.338 e. The number of rotatable bonds is 3. The second-order valence-corrected chi connectivity index (χ2v) is 7.98. The Morgan fingerprint density at radius 3 is 2.67 bits per heavy atom. The van der Waals surface area contributed by atoms with Gasteiger partial charge in [-0.1, -0.05) is 28.9 Å². The fourth-order valence-corrected chi connectivity index (χ4v) is 4.67. The molecule has 2 saturated heterocycles. The molecule has 7 heteroatoms. The van der Waals surface area contributed by atoms with Crippen molar-refractivity contribution < 1.29 is 9.59 Å². The average molecular weight is 412 g/mol. The van der Waals surface area contributed by atoms with Gasteiger partial charge in [0.25, 0.3) is 5.91 Å². The van der Waals surface area contributed by atoms with Gasteiger partial charge in [0.05, 0.1) is 5.88 Å². The first-order valence-corrected chi connectivity index (χ1v) is 10.2. The fourth-order valence-electron chi connectivity index (χ4n) is 3.13. The maximum Gasteiger partial charge on any atom is 0.255 e. The summed E-state index contributed by atoms with van der Waals surface area (Å²) >= 11 is 5.05. The minimum Gasteiger partial charge on any atom is -0.338 e. The molecule has 130 valence electrons. The van der Waals surface area contributed by atoms with Crippen LogP contribution >= 0.6 is 27.7 Å². The molecule has 2 aliphatic heterocycles. The Kier molecular flexibility index (Phi) is 5.84. The number of benzene rings is 1. The topological polar surface area (TPSA) is 43.9 Å². The molecule has 0 saturated carbocycles. The van der Waals surface area contributed by atoms with Crippen LogP contribution in [0.25, 0.3) is 0 Å². The third-order valence-electron chi connectivity index (χ3n) is 4.63. The molecule has 2 fully saturated rings. The first-order valence-electron chi connectivity index (χ1n) is 8.25. The van der Waals surface area contributed by atoms with E-state index in [1.54, 1.807) is 22.7 Å². The number of piperazine rings is 1. The summed E-state index contributed by atoms with van der Waals surface area (Å²) in [5, 5.41) is 0. The van der Waals surface area contributed by atoms with Crippen LogP contribution in [0.15, 0.2) is 28.7 Å². The number of hydrogen-bond donors (Lipinski definition) is 0. The minimum atomic E-state index is -0.338. The summed E-state index contributed by atoms with van der Waals surface area (Å²) < 4.78 is 0.874. The number of nitrogens with zero attached hydrogens (tertiary/aromatic N) is 3. The number of hydrogen-bond acceptors (Lipinski definition) is 4. The third-order valence-corrected chi connectivity index (χ3v) is 6.14. The molecule has 1 aromatic rings. The summed E-state index contributed by atoms with van der Waals surface area (Å²) in [6, 6.07) is 7.02. The predicted molar refractivity (Wildman–Crippen MR) is 100 cm³/mol. The van der Waals surface area contributed by atoms with Gasteiger partial charge in [-0.05, 0) is 24.7 Å². The summed E-state index contributed by atoms with van der Waals surface area (Å²) in [5.41, 5.74) is 0.625. The van der Waals surface area contributed by atoms with Gasteiger partial charge < -0.3 is 14.7 Å². The number of carbonyl (C=O) groups excluding carboxylic acids is 2. The number of carbonyl (C=O) groups is 2. The zero-order chi connectivity index (χ0) is 17.1. The van der Waals surface area contributed by atoms with Crippen molar-refractivity contribution >= 4 is 39.5 Å². The van der Waals surface area contributed by atoms with Crippen LogP contribution in [0.1, 0.15) is 17.3 Å². The molecule has 0 radical (unpaired) electrons. The number of thioether (sulfide) groups is 1. The van der Waals surface area contributed by atoms with Crippen LogP contribution in [0.4, 0.5) is 0 Å². The molecular weight excluding hydrogens is 390 g/mol. The highest BCUT2D eigenvalue weighted by molar-refractivity contribution is 9.10. The van der Waals surface area contributed by atoms with Gasteiger partial charge in [-0.2, -0.15) is 0 Å². The van der Waals surface area contributed by atoms with Gasteiger partial charge in [0.1, 0.15) is 6.04 Å². The van der Waals surface area contributed by atoms with Crippen LogP contribution in [0.2, 0.25) is 0 Å². The Morgan fingerprint density at radius 1 is 1.25 bits per heavy atom. The van der Waals surface area contributed by atoms with Crippen LogP contribution in [0.5, 0.6) is 0 Å². The van der Waals surface area contributed by atoms with E-state index in [1.807, 2.05) is 23.1 Å². The van der Waals surface area contributed by atoms with Crippen molar-refractivity contribution in [1.29, 1.82) is 0 Å². The van der Waals surface area contributed by atoms with Crippen LogP contribution in [-0.2, 0) is 4.79 Å². The first-order chi connectivity index (χ1) is 11.6. The molecule has 2 heterocycles. The van der Waals surface area contributed by atoms with Crippen molar-refractivity contribution in [2.75, 3.05) is 44.4 Å². The highest BCUT2D eigenvalue weighted by Crippen LogP contribution is 2.26. The van der Waals surface area contributed by atoms with Crippen molar-refractivity contribution in [2.24, 2.45) is 0 Å². The second kappa shape index (κ2) is 7.89. The molecule has 1 unspecified atom stereocenters. The summed E-state index contributed by atoms with van der Waals surface area (Å²) in [5.74, 6) is 1.30. The number of amides is 2. The van der Waals surface area contributed by atoms with Crippen molar-refractivity contribution in [3.63, 3.8) is 0 Å². The van der Waals surface area contributed by atoms with Gasteiger partial charge in [-0.3, -0.25) is 9.59 Å². The van der Waals surface area contributed by atoms with Crippen molar-refractivity contribution in [1.82, 2.24) is 14.7 Å². The number of likely N-dealkylation sites (N-methyl/N-ethyl adjacent to an activating group) is 1. The maximum absolute atomic E-state index is 12.9. The molecule has 2 amide bonds. The summed E-state index contributed by atoms with van der Waals surface area (Å²) in [4.78, 5) is 31.7. The minimum absolute atomic E-state index is 0.0631. The van der Waals surface area contributed by atoms with Gasteiger partial charge in [-0.15, -0.1) is 11.8 Å². The summed E-state index contributed by atoms with van der Waals surface area (Å²) in [6.07, 6.45) is 0. The third kappa shape index (κ3) is 3.78. The quantitative estimate of drug-likeness (QED) is 0.763. The summed E-state index contributed by atoms with van der Waals surface area (Å²) in [7, 11) is 0. The van der Waals surface area contributed by atoms with E-state index in [0.717, 1.165) is 37.2 Å². The molecule has 1 aromatic carbocycles. The second-order valence-electron chi connectivity index (χ2n) is 6.06. The van der Waals surface area contributed by atoms with Crippen molar-refractivity contribution in [2.45, 2.75) is 13.0 Å². The molecule has 0 N–H and O–H groups in total. The number of halogens is 1. The molecule has 0 bridgehead atoms. The van der Waals surface area contributed by atoms with Crippen LogP contribution < -0.4 is 0 Å². The molecule has 1 atom stereocenters. The normalized spacial score (nSPS) is 22.0. The Balaban J connectivity index is 1.69. The molecule has 2 aliphatic rings. The molecule has 24 heavy (non-hydrogen) atoms. The zero-order valence-electron chi connectivity index (χ0n) is 13.8. The molecular formula is C17H22BrN3O2S. The molecule has 0 aliphatic carbocycles. The molecule has 0 spiro atoms. The highest BCUT2D eigenvalue weighted by atomic mass is 79.9. The van der Waals surface area contributed by atoms with E-state index in [9.17, 15) is 9.59 Å². The van der Waals surface area contributed by atoms with Crippen LogP contribution in [0, 0.1) is 0 Å². The Bertz CT molecular complexity index is 620. The van der Waals surface area contributed by atoms with E-state index in [4.69, 9.17) is 0 Å². The SMILES string of the molecule is CCN1CCN(C(=O)C2CSCN2C(=O)c2cccc(Br)c2)CC1. The van der Waals surface area contributed by atoms with E-state index < -0.39 is 0 Å². The fraction of sp³-hybridized carbons (Fsp3) is 0.529. The monoisotopic (exact) mass is 411 g/mol. The van der Waals surface area contributed by atoms with Crippen molar-refractivity contribution in [3.05, 3.63) is 34.3 Å². The standard InChI is InChI=1S/C17H22BrN3O2S/c1-2-19-6-8-20(9-7-19)17(23)15-11-24-12-21(15)16(22)13-4-3-5-14(18)10-13/h3-5,10,15H,2,6-9,11-12H2,1H3. The lowest BCUT2D eigenvalue weighted by atomic mass is 10.1. The van der Waals surface area contributed by atoms with Gasteiger partial charge in [0.2, 0.25) is 5.91 Å². The maximum atomic E-state index is 12.9. The molecule has 3 rings (SSSR count). The Labute approximate surface area is 155 Å². The highest BCUT2D eigenvalue weighted by Gasteiger charge is 2.38. The van der Waals surface area contributed by atoms with E-state index in [2.05, 4.69) is 27.8 Å². The van der Waals surface area contributed by atoms with Crippen molar-refractivity contribution in [3.8, 4) is 0 Å². The summed E-state index contributed by atoms with van der Waals surface area (Å²) in [6.45, 7) is 6.52. The van der Waals surface area contributed by atoms with Gasteiger partial charge in [0, 0.05) is 42.0 Å². The van der Waals surface area contributed by atoms with Crippen LogP contribution in [0.3, 0.4) is 0 Å². The smallest absolute Gasteiger partial charge is 0.255 e. The predicted octanol–water partition coefficient (Wildman–Crippen LogP) is 2.13. The van der Waals surface area contributed by atoms with E-state index in [-0.39, 0.29) is 17.9 Å². The molecule has 0 aromatic heterocycles. The average Bonchev–Trinajstić information content (AvgIpc) is 3.10. The zero-order valence-corrected chi connectivity index (χ0v) is 16.2. The lowest BCUT2D eigenvalue weighted by molar-refractivity contribution is -0.136. The van der Waals surface area contributed by atoms with Gasteiger partial charge in [0.15, 0.2) is 0 Å². The van der Waals surface area contributed by atoms with E-state index in [1.165, 1.54) is 0 Å².